The van der Waals surface area contributed by atoms with Crippen LogP contribution in [-0.4, -0.2) is 60.3 Å². The number of imide groups is 1. The zero-order chi connectivity index (χ0) is 25.1. The smallest absolute Gasteiger partial charge is 0.261 e. The van der Waals surface area contributed by atoms with Gasteiger partial charge in [-0.15, -0.1) is 0 Å². The molecule has 5 rings (SSSR count). The monoisotopic (exact) mass is 485 g/mol. The molecule has 3 aromatic rings. The van der Waals surface area contributed by atoms with E-state index in [1.807, 2.05) is 36.4 Å². The second-order valence-electron chi connectivity index (χ2n) is 9.54. The quantitative estimate of drug-likeness (QED) is 0.488. The first-order valence-corrected chi connectivity index (χ1v) is 12.6. The van der Waals surface area contributed by atoms with Crippen molar-refractivity contribution in [1.29, 1.82) is 0 Å². The van der Waals surface area contributed by atoms with Crippen LogP contribution in [0.1, 0.15) is 52.0 Å². The van der Waals surface area contributed by atoms with E-state index in [4.69, 9.17) is 4.74 Å². The van der Waals surface area contributed by atoms with Crippen LogP contribution in [0.2, 0.25) is 0 Å². The SMILES string of the molecule is COc1cccc(CN2CCC(NC(=O)CCCN3C(=O)c4cccc5cccc(c45)C3=O)CC2)c1. The third-order valence-electron chi connectivity index (χ3n) is 7.13. The maximum Gasteiger partial charge on any atom is 0.261 e. The van der Waals surface area contributed by atoms with Gasteiger partial charge in [0.25, 0.3) is 11.8 Å². The van der Waals surface area contributed by atoms with Crippen LogP contribution in [0.5, 0.6) is 5.75 Å². The third kappa shape index (κ3) is 4.97. The Bertz CT molecular complexity index is 1250. The molecule has 7 nitrogen and oxygen atoms in total. The van der Waals surface area contributed by atoms with Crippen molar-refractivity contribution in [3.8, 4) is 5.75 Å². The van der Waals surface area contributed by atoms with E-state index in [9.17, 15) is 14.4 Å². The second-order valence-corrected chi connectivity index (χ2v) is 9.54. The highest BCUT2D eigenvalue weighted by Gasteiger charge is 2.32. The van der Waals surface area contributed by atoms with Crippen LogP contribution in [0, 0.1) is 0 Å². The van der Waals surface area contributed by atoms with Gasteiger partial charge >= 0.3 is 0 Å². The number of likely N-dealkylation sites (tertiary alicyclic amines) is 1. The highest BCUT2D eigenvalue weighted by molar-refractivity contribution is 6.25. The van der Waals surface area contributed by atoms with Gasteiger partial charge in [0, 0.05) is 55.2 Å². The van der Waals surface area contributed by atoms with Crippen molar-refractivity contribution in [2.45, 2.75) is 38.3 Å². The van der Waals surface area contributed by atoms with Crippen LogP contribution >= 0.6 is 0 Å². The van der Waals surface area contributed by atoms with E-state index in [0.717, 1.165) is 49.0 Å². The molecule has 186 valence electrons. The number of methoxy groups -OCH3 is 1. The summed E-state index contributed by atoms with van der Waals surface area (Å²) in [6, 6.07) is 19.3. The standard InChI is InChI=1S/C29H31N3O4/c1-36-23-9-2-6-20(18-23)19-31-16-13-22(14-17-31)30-26(33)12-5-15-32-28(34)24-10-3-7-21-8-4-11-25(27(21)24)29(32)35/h2-4,6-11,18,22H,5,12-17,19H2,1H3,(H,30,33). The van der Waals surface area contributed by atoms with Crippen molar-refractivity contribution >= 4 is 28.5 Å². The van der Waals surface area contributed by atoms with Gasteiger partial charge in [-0.3, -0.25) is 24.2 Å². The summed E-state index contributed by atoms with van der Waals surface area (Å²) < 4.78 is 5.31. The molecule has 0 bridgehead atoms. The normalized spacial score (nSPS) is 16.4. The summed E-state index contributed by atoms with van der Waals surface area (Å²) >= 11 is 0. The summed E-state index contributed by atoms with van der Waals surface area (Å²) in [5.74, 6) is 0.269. The molecule has 1 N–H and O–H groups in total. The molecule has 1 fully saturated rings. The Morgan fingerprint density at radius 2 is 1.64 bits per heavy atom. The van der Waals surface area contributed by atoms with Crippen LogP contribution in [0.15, 0.2) is 60.7 Å². The number of benzene rings is 3. The Morgan fingerprint density at radius 3 is 2.31 bits per heavy atom. The molecule has 0 radical (unpaired) electrons. The van der Waals surface area contributed by atoms with E-state index in [-0.39, 0.29) is 36.7 Å². The molecule has 0 saturated carbocycles. The van der Waals surface area contributed by atoms with Gasteiger partial charge in [0.2, 0.25) is 5.91 Å². The van der Waals surface area contributed by atoms with Crippen molar-refractivity contribution in [3.63, 3.8) is 0 Å². The molecule has 0 unspecified atom stereocenters. The first kappa shape index (κ1) is 24.0. The van der Waals surface area contributed by atoms with Gasteiger partial charge in [-0.05, 0) is 54.5 Å². The number of piperidine rings is 1. The molecule has 2 aliphatic heterocycles. The number of carbonyl (C=O) groups is 3. The lowest BCUT2D eigenvalue weighted by Gasteiger charge is -2.32. The van der Waals surface area contributed by atoms with Gasteiger partial charge in [-0.2, -0.15) is 0 Å². The Kier molecular flexibility index (Phi) is 7.00. The average Bonchev–Trinajstić information content (AvgIpc) is 2.90. The summed E-state index contributed by atoms with van der Waals surface area (Å²) in [5, 5.41) is 4.75. The molecule has 1 saturated heterocycles. The number of amides is 3. The predicted octanol–water partition coefficient (Wildman–Crippen LogP) is 4.01. The number of carbonyl (C=O) groups excluding carboxylic acids is 3. The molecule has 3 amide bonds. The molecule has 7 heteroatoms. The van der Waals surface area contributed by atoms with E-state index in [1.165, 1.54) is 10.5 Å². The Hall–Kier alpha value is -3.71. The topological polar surface area (TPSA) is 79.0 Å². The number of nitrogens with zero attached hydrogens (tertiary/aromatic N) is 2. The van der Waals surface area contributed by atoms with Gasteiger partial charge in [0.15, 0.2) is 0 Å². The van der Waals surface area contributed by atoms with Gasteiger partial charge in [-0.25, -0.2) is 0 Å². The summed E-state index contributed by atoms with van der Waals surface area (Å²) in [6.45, 7) is 2.94. The fourth-order valence-corrected chi connectivity index (χ4v) is 5.25. The summed E-state index contributed by atoms with van der Waals surface area (Å²) in [7, 11) is 1.68. The first-order chi connectivity index (χ1) is 17.5. The van der Waals surface area contributed by atoms with Gasteiger partial charge in [0.1, 0.15) is 5.75 Å². The summed E-state index contributed by atoms with van der Waals surface area (Å²) in [4.78, 5) is 42.2. The summed E-state index contributed by atoms with van der Waals surface area (Å²) in [5.41, 5.74) is 2.32. The molecule has 2 heterocycles. The maximum atomic E-state index is 13.0. The Morgan fingerprint density at radius 1 is 0.972 bits per heavy atom. The lowest BCUT2D eigenvalue weighted by Crippen LogP contribution is -2.44. The van der Waals surface area contributed by atoms with Crippen LogP contribution in [0.3, 0.4) is 0 Å². The van der Waals surface area contributed by atoms with E-state index in [0.29, 0.717) is 17.5 Å². The number of rotatable bonds is 8. The number of nitrogens with one attached hydrogen (secondary N) is 1. The minimum absolute atomic E-state index is 0.0272. The minimum atomic E-state index is -0.284. The highest BCUT2D eigenvalue weighted by atomic mass is 16.5. The first-order valence-electron chi connectivity index (χ1n) is 12.6. The fourth-order valence-electron chi connectivity index (χ4n) is 5.25. The maximum absolute atomic E-state index is 13.0. The Balaban J connectivity index is 1.08. The van der Waals surface area contributed by atoms with Gasteiger partial charge in [0.05, 0.1) is 7.11 Å². The van der Waals surface area contributed by atoms with E-state index in [1.54, 1.807) is 19.2 Å². The molecule has 0 aromatic heterocycles. The van der Waals surface area contributed by atoms with E-state index >= 15 is 0 Å². The molecule has 0 atom stereocenters. The molecule has 3 aromatic carbocycles. The van der Waals surface area contributed by atoms with E-state index < -0.39 is 0 Å². The zero-order valence-electron chi connectivity index (χ0n) is 20.5. The lowest BCUT2D eigenvalue weighted by atomic mass is 9.94. The van der Waals surface area contributed by atoms with Gasteiger partial charge in [-0.1, -0.05) is 36.4 Å². The molecule has 0 aliphatic carbocycles. The molecule has 36 heavy (non-hydrogen) atoms. The minimum Gasteiger partial charge on any atom is -0.497 e. The van der Waals surface area contributed by atoms with Crippen LogP contribution < -0.4 is 10.1 Å². The summed E-state index contributed by atoms with van der Waals surface area (Å²) in [6.07, 6.45) is 2.53. The average molecular weight is 486 g/mol. The largest absolute Gasteiger partial charge is 0.497 e. The zero-order valence-corrected chi connectivity index (χ0v) is 20.5. The van der Waals surface area contributed by atoms with Crippen molar-refractivity contribution in [1.82, 2.24) is 15.1 Å². The fraction of sp³-hybridized carbons (Fsp3) is 0.345. The van der Waals surface area contributed by atoms with Crippen molar-refractivity contribution in [3.05, 3.63) is 77.4 Å². The van der Waals surface area contributed by atoms with Gasteiger partial charge < -0.3 is 10.1 Å². The van der Waals surface area contributed by atoms with Crippen LogP contribution in [0.25, 0.3) is 10.8 Å². The molecular formula is C29H31N3O4. The number of hydrogen-bond donors (Lipinski definition) is 1. The van der Waals surface area contributed by atoms with Crippen molar-refractivity contribution in [2.24, 2.45) is 0 Å². The van der Waals surface area contributed by atoms with Crippen LogP contribution in [0.4, 0.5) is 0 Å². The molecular weight excluding hydrogens is 454 g/mol. The second kappa shape index (κ2) is 10.5. The molecule has 0 spiro atoms. The predicted molar refractivity (Wildman–Crippen MR) is 138 cm³/mol. The van der Waals surface area contributed by atoms with Crippen molar-refractivity contribution < 1.29 is 19.1 Å². The number of ether oxygens (including phenoxy) is 1. The van der Waals surface area contributed by atoms with Crippen LogP contribution in [-0.2, 0) is 11.3 Å². The highest BCUT2D eigenvalue weighted by Crippen LogP contribution is 2.30. The van der Waals surface area contributed by atoms with E-state index in [2.05, 4.69) is 22.3 Å². The number of hydrogen-bond acceptors (Lipinski definition) is 5. The molecule has 2 aliphatic rings. The Labute approximate surface area is 211 Å². The van der Waals surface area contributed by atoms with Crippen molar-refractivity contribution in [2.75, 3.05) is 26.7 Å². The third-order valence-corrected chi connectivity index (χ3v) is 7.13. The lowest BCUT2D eigenvalue weighted by molar-refractivity contribution is -0.122.